The lowest BCUT2D eigenvalue weighted by molar-refractivity contribution is 0.0109. The third-order valence-electron chi connectivity index (χ3n) is 7.89. The van der Waals surface area contributed by atoms with Crippen molar-refractivity contribution in [2.45, 2.75) is 39.7 Å². The molecule has 0 spiro atoms. The fourth-order valence-corrected chi connectivity index (χ4v) is 5.63. The van der Waals surface area contributed by atoms with Crippen LogP contribution in [-0.4, -0.2) is 16.8 Å². The van der Waals surface area contributed by atoms with Crippen LogP contribution in [0.1, 0.15) is 49.9 Å². The van der Waals surface area contributed by atoms with Crippen molar-refractivity contribution < 1.29 is 14.9 Å². The highest BCUT2D eigenvalue weighted by Gasteiger charge is 2.37. The van der Waals surface area contributed by atoms with Crippen LogP contribution in [0, 0.1) is 0 Å². The van der Waals surface area contributed by atoms with Crippen molar-refractivity contribution in [3.63, 3.8) is 0 Å². The monoisotopic (exact) mass is 610 g/mol. The molecule has 0 aromatic heterocycles. The molecule has 0 aliphatic carbocycles. The number of fused-ring (bicyclic) bond motifs is 1. The molecule has 6 rings (SSSR count). The average molecular weight is 611 g/mol. The van der Waals surface area contributed by atoms with Crippen molar-refractivity contribution in [2.24, 2.45) is 10.2 Å². The smallest absolute Gasteiger partial charge is 0.143 e. The van der Waals surface area contributed by atoms with Gasteiger partial charge in [-0.1, -0.05) is 130 Å². The molecule has 5 nitrogen and oxygen atoms in total. The summed E-state index contributed by atoms with van der Waals surface area (Å²) in [5, 5.41) is 30.9. The van der Waals surface area contributed by atoms with Crippen molar-refractivity contribution in [3.8, 4) is 11.5 Å². The van der Waals surface area contributed by atoms with E-state index in [9.17, 15) is 10.2 Å². The Morgan fingerprint density at radius 1 is 0.543 bits per heavy atom. The van der Waals surface area contributed by atoms with Gasteiger partial charge in [0.1, 0.15) is 22.8 Å². The molecule has 46 heavy (non-hydrogen) atoms. The summed E-state index contributed by atoms with van der Waals surface area (Å²) in [6.45, 7) is 0.559. The number of azo groups is 1. The lowest BCUT2D eigenvalue weighted by Crippen LogP contribution is -2.33. The Bertz CT molecular complexity index is 1800. The molecule has 5 heteroatoms. The van der Waals surface area contributed by atoms with Gasteiger partial charge < -0.3 is 14.9 Å². The summed E-state index contributed by atoms with van der Waals surface area (Å²) in [4.78, 5) is 0. The van der Waals surface area contributed by atoms with E-state index in [1.54, 1.807) is 18.2 Å². The van der Waals surface area contributed by atoms with Crippen LogP contribution in [0.4, 0.5) is 11.4 Å². The van der Waals surface area contributed by atoms with E-state index in [2.05, 4.69) is 34.5 Å². The van der Waals surface area contributed by atoms with Crippen LogP contribution in [0.15, 0.2) is 156 Å². The van der Waals surface area contributed by atoms with Crippen LogP contribution in [0.5, 0.6) is 11.5 Å². The SMILES string of the molecule is C.C.Oc1ccc(CCCCOC(c2ccccc2)(c2ccccc2)c2ccc(N=Nc3c(O)ccc4ccccc34)cc2)cc1. The van der Waals surface area contributed by atoms with Gasteiger partial charge in [0.15, 0.2) is 0 Å². The lowest BCUT2D eigenvalue weighted by Gasteiger charge is -2.36. The molecule has 0 aliphatic heterocycles. The van der Waals surface area contributed by atoms with Crippen molar-refractivity contribution in [3.05, 3.63) is 168 Å². The maximum atomic E-state index is 10.5. The Morgan fingerprint density at radius 2 is 1.13 bits per heavy atom. The van der Waals surface area contributed by atoms with Gasteiger partial charge >= 0.3 is 0 Å². The van der Waals surface area contributed by atoms with Gasteiger partial charge in [-0.2, -0.15) is 5.11 Å². The molecular formula is C41H42N2O3. The number of hydrogen-bond donors (Lipinski definition) is 2. The number of aromatic hydroxyl groups is 2. The third kappa shape index (κ3) is 7.33. The van der Waals surface area contributed by atoms with E-state index in [1.807, 2.05) is 103 Å². The quantitative estimate of drug-likeness (QED) is 0.0870. The minimum atomic E-state index is -0.829. The summed E-state index contributed by atoms with van der Waals surface area (Å²) < 4.78 is 6.95. The van der Waals surface area contributed by atoms with E-state index in [4.69, 9.17) is 4.74 Å². The predicted molar refractivity (Wildman–Crippen MR) is 189 cm³/mol. The van der Waals surface area contributed by atoms with E-state index in [1.165, 1.54) is 5.56 Å². The number of hydrogen-bond acceptors (Lipinski definition) is 5. The summed E-state index contributed by atoms with van der Waals surface area (Å²) in [7, 11) is 0. The second-order valence-electron chi connectivity index (χ2n) is 10.8. The van der Waals surface area contributed by atoms with Crippen LogP contribution >= 0.6 is 0 Å². The summed E-state index contributed by atoms with van der Waals surface area (Å²) in [5.41, 5.74) is 4.56. The van der Waals surface area contributed by atoms with Crippen molar-refractivity contribution in [1.82, 2.24) is 0 Å². The first-order valence-corrected chi connectivity index (χ1v) is 14.9. The van der Waals surface area contributed by atoms with Crippen LogP contribution in [0.3, 0.4) is 0 Å². The van der Waals surface area contributed by atoms with Gasteiger partial charge in [0.25, 0.3) is 0 Å². The fraction of sp³-hybridized carbons (Fsp3) is 0.171. The van der Waals surface area contributed by atoms with Gasteiger partial charge in [0.05, 0.1) is 5.69 Å². The zero-order chi connectivity index (χ0) is 30.2. The number of aryl methyl sites for hydroxylation is 1. The van der Waals surface area contributed by atoms with E-state index < -0.39 is 5.60 Å². The number of unbranched alkanes of at least 4 members (excludes halogenated alkanes) is 1. The molecular weight excluding hydrogens is 568 g/mol. The predicted octanol–water partition coefficient (Wildman–Crippen LogP) is 11.3. The maximum Gasteiger partial charge on any atom is 0.143 e. The maximum absolute atomic E-state index is 10.5. The van der Waals surface area contributed by atoms with Crippen LogP contribution < -0.4 is 0 Å². The first kappa shape index (κ1) is 33.6. The van der Waals surface area contributed by atoms with Gasteiger partial charge in [-0.3, -0.25) is 0 Å². The Kier molecular flexibility index (Phi) is 11.4. The zero-order valence-electron chi connectivity index (χ0n) is 24.4. The van der Waals surface area contributed by atoms with Crippen LogP contribution in [0.2, 0.25) is 0 Å². The standard InChI is InChI=1S/C39H34N2O3.2CH4/c42-35-25-18-29(19-26-35)11-9-10-28-44-39(31-13-3-1-4-14-31,32-15-5-2-6-16-32)33-21-23-34(24-22-33)40-41-38-36-17-8-7-12-30(36)20-27-37(38)43;;/h1-8,12-27,42-43H,9-11,28H2;2*1H4. The van der Waals surface area contributed by atoms with Gasteiger partial charge in [0, 0.05) is 12.0 Å². The second kappa shape index (κ2) is 15.6. The summed E-state index contributed by atoms with van der Waals surface area (Å²) in [6.07, 6.45) is 2.76. The molecule has 6 aromatic rings. The first-order valence-electron chi connectivity index (χ1n) is 14.9. The molecule has 0 atom stereocenters. The Balaban J connectivity index is 0.00000240. The molecule has 0 radical (unpaired) electrons. The van der Waals surface area contributed by atoms with E-state index in [0.29, 0.717) is 18.0 Å². The summed E-state index contributed by atoms with van der Waals surface area (Å²) in [6, 6.07) is 47.4. The van der Waals surface area contributed by atoms with Crippen molar-refractivity contribution >= 4 is 22.1 Å². The highest BCUT2D eigenvalue weighted by atomic mass is 16.5. The first-order chi connectivity index (χ1) is 21.6. The van der Waals surface area contributed by atoms with E-state index in [0.717, 1.165) is 46.7 Å². The molecule has 0 amide bonds. The third-order valence-corrected chi connectivity index (χ3v) is 7.89. The Hall–Kier alpha value is -5.26. The van der Waals surface area contributed by atoms with Crippen LogP contribution in [0.25, 0.3) is 10.8 Å². The van der Waals surface area contributed by atoms with Crippen LogP contribution in [-0.2, 0) is 16.8 Å². The van der Waals surface area contributed by atoms with Gasteiger partial charge in [0.2, 0.25) is 0 Å². The largest absolute Gasteiger partial charge is 0.508 e. The highest BCUT2D eigenvalue weighted by Crippen LogP contribution is 2.42. The fourth-order valence-electron chi connectivity index (χ4n) is 5.63. The normalized spacial score (nSPS) is 11.2. The Labute approximate surface area is 272 Å². The lowest BCUT2D eigenvalue weighted by atomic mass is 9.80. The molecule has 0 fully saturated rings. The number of benzene rings is 6. The second-order valence-corrected chi connectivity index (χ2v) is 10.8. The van der Waals surface area contributed by atoms with Gasteiger partial charge in [-0.15, -0.1) is 5.11 Å². The van der Waals surface area contributed by atoms with Crippen molar-refractivity contribution in [1.29, 1.82) is 0 Å². The minimum absolute atomic E-state index is 0. The molecule has 6 aromatic carbocycles. The molecule has 234 valence electrons. The number of nitrogens with zero attached hydrogens (tertiary/aromatic N) is 2. The van der Waals surface area contributed by atoms with E-state index in [-0.39, 0.29) is 26.4 Å². The number of ether oxygens (including phenoxy) is 1. The average Bonchev–Trinajstić information content (AvgIpc) is 3.08. The molecule has 0 heterocycles. The highest BCUT2D eigenvalue weighted by molar-refractivity contribution is 5.95. The van der Waals surface area contributed by atoms with Gasteiger partial charge in [-0.05, 0) is 77.2 Å². The topological polar surface area (TPSA) is 74.4 Å². The number of phenolic OH excluding ortho intramolecular Hbond substituents is 2. The molecule has 2 N–H and O–H groups in total. The summed E-state index contributed by atoms with van der Waals surface area (Å²) in [5.74, 6) is 0.377. The molecule has 0 bridgehead atoms. The van der Waals surface area contributed by atoms with E-state index >= 15 is 0 Å². The summed E-state index contributed by atoms with van der Waals surface area (Å²) >= 11 is 0. The molecule has 0 aliphatic rings. The molecule has 0 unspecified atom stereocenters. The van der Waals surface area contributed by atoms with Crippen molar-refractivity contribution in [2.75, 3.05) is 6.61 Å². The Morgan fingerprint density at radius 3 is 1.78 bits per heavy atom. The van der Waals surface area contributed by atoms with Gasteiger partial charge in [-0.25, -0.2) is 0 Å². The number of rotatable bonds is 11. The zero-order valence-corrected chi connectivity index (χ0v) is 24.4. The molecule has 0 saturated carbocycles. The molecule has 0 saturated heterocycles. The minimum Gasteiger partial charge on any atom is -0.508 e. The number of phenols is 2.